The predicted octanol–water partition coefficient (Wildman–Crippen LogP) is 1.20. The van der Waals surface area contributed by atoms with Crippen LogP contribution in [0.1, 0.15) is 5.56 Å². The fourth-order valence-electron chi connectivity index (χ4n) is 1.08. The molecule has 1 aromatic carbocycles. The molecule has 0 bridgehead atoms. The van der Waals surface area contributed by atoms with Crippen LogP contribution in [-0.4, -0.2) is 10.1 Å². The summed E-state index contributed by atoms with van der Waals surface area (Å²) in [5.74, 6) is 0.531. The number of hydrogen-bond acceptors (Lipinski definition) is 4. The molecule has 4 nitrogen and oxygen atoms in total. The van der Waals surface area contributed by atoms with Crippen LogP contribution in [0.4, 0.5) is 0 Å². The van der Waals surface area contributed by atoms with Gasteiger partial charge in [0.05, 0.1) is 0 Å². The zero-order valence-corrected chi connectivity index (χ0v) is 6.97. The second-order valence-electron chi connectivity index (χ2n) is 2.65. The summed E-state index contributed by atoms with van der Waals surface area (Å²) in [6.07, 6.45) is 1.38. The number of benzene rings is 1. The van der Waals surface area contributed by atoms with Crippen LogP contribution < -0.4 is 5.73 Å². The quantitative estimate of drug-likeness (QED) is 0.744. The lowest BCUT2D eigenvalue weighted by Gasteiger charge is -1.96. The van der Waals surface area contributed by atoms with Crippen molar-refractivity contribution < 1.29 is 4.52 Å². The summed E-state index contributed by atoms with van der Waals surface area (Å²) in [4.78, 5) is 3.93. The molecule has 0 radical (unpaired) electrons. The van der Waals surface area contributed by atoms with E-state index >= 15 is 0 Å². The van der Waals surface area contributed by atoms with Crippen LogP contribution >= 0.6 is 0 Å². The van der Waals surface area contributed by atoms with E-state index in [-0.39, 0.29) is 0 Å². The highest BCUT2D eigenvalue weighted by Gasteiger charge is 2.01. The first kappa shape index (κ1) is 7.94. The lowest BCUT2D eigenvalue weighted by Crippen LogP contribution is -1.95. The largest absolute Gasteiger partial charge is 0.334 e. The van der Waals surface area contributed by atoms with Crippen LogP contribution in [0, 0.1) is 0 Å². The molecular weight excluding hydrogens is 166 g/mol. The molecule has 0 atom stereocenters. The SMILES string of the molecule is NCc1ccc(-c2ncno2)cc1. The Kier molecular flexibility index (Phi) is 2.06. The molecule has 66 valence electrons. The molecule has 0 aliphatic carbocycles. The zero-order valence-electron chi connectivity index (χ0n) is 6.97. The summed E-state index contributed by atoms with van der Waals surface area (Å²) in [5.41, 5.74) is 7.47. The van der Waals surface area contributed by atoms with E-state index < -0.39 is 0 Å². The molecule has 4 heteroatoms. The molecule has 0 fully saturated rings. The van der Waals surface area contributed by atoms with Gasteiger partial charge in [-0.05, 0) is 17.7 Å². The van der Waals surface area contributed by atoms with E-state index in [1.807, 2.05) is 24.3 Å². The molecule has 0 saturated carbocycles. The lowest BCUT2D eigenvalue weighted by molar-refractivity contribution is 0.430. The standard InChI is InChI=1S/C9H9N3O/c10-5-7-1-3-8(4-2-7)9-11-6-12-13-9/h1-4,6H,5,10H2. The van der Waals surface area contributed by atoms with Crippen LogP contribution in [0.3, 0.4) is 0 Å². The van der Waals surface area contributed by atoms with Gasteiger partial charge in [0.15, 0.2) is 6.33 Å². The number of hydrogen-bond donors (Lipinski definition) is 1. The van der Waals surface area contributed by atoms with Gasteiger partial charge in [0.1, 0.15) is 0 Å². The van der Waals surface area contributed by atoms with Crippen molar-refractivity contribution in [3.05, 3.63) is 36.2 Å². The molecule has 1 aromatic heterocycles. The fourth-order valence-corrected chi connectivity index (χ4v) is 1.08. The average Bonchev–Trinajstić information content (AvgIpc) is 2.71. The van der Waals surface area contributed by atoms with Crippen molar-refractivity contribution in [3.8, 4) is 11.5 Å². The molecule has 0 amide bonds. The Morgan fingerprint density at radius 1 is 1.23 bits per heavy atom. The summed E-state index contributed by atoms with van der Waals surface area (Å²) in [5, 5.41) is 3.53. The van der Waals surface area contributed by atoms with E-state index in [0.717, 1.165) is 11.1 Å². The highest BCUT2D eigenvalue weighted by molar-refractivity contribution is 5.52. The summed E-state index contributed by atoms with van der Waals surface area (Å²) in [6, 6.07) is 7.71. The maximum atomic E-state index is 5.47. The van der Waals surface area contributed by atoms with Gasteiger partial charge < -0.3 is 10.3 Å². The molecule has 13 heavy (non-hydrogen) atoms. The van der Waals surface area contributed by atoms with Gasteiger partial charge in [-0.25, -0.2) is 0 Å². The van der Waals surface area contributed by atoms with Crippen LogP contribution in [0.2, 0.25) is 0 Å². The minimum atomic E-state index is 0.531. The topological polar surface area (TPSA) is 64.9 Å². The summed E-state index contributed by atoms with van der Waals surface area (Å²) < 4.78 is 4.90. The predicted molar refractivity (Wildman–Crippen MR) is 47.6 cm³/mol. The van der Waals surface area contributed by atoms with Gasteiger partial charge in [0.2, 0.25) is 0 Å². The monoisotopic (exact) mass is 175 g/mol. The average molecular weight is 175 g/mol. The first-order valence-corrected chi connectivity index (χ1v) is 3.96. The van der Waals surface area contributed by atoms with Gasteiger partial charge in [-0.1, -0.05) is 17.3 Å². The Morgan fingerprint density at radius 3 is 2.54 bits per heavy atom. The fraction of sp³-hybridized carbons (Fsp3) is 0.111. The molecule has 2 rings (SSSR count). The van der Waals surface area contributed by atoms with E-state index in [9.17, 15) is 0 Å². The maximum Gasteiger partial charge on any atom is 0.257 e. The van der Waals surface area contributed by atoms with Crippen molar-refractivity contribution in [1.82, 2.24) is 10.1 Å². The first-order valence-electron chi connectivity index (χ1n) is 3.96. The van der Waals surface area contributed by atoms with Crippen molar-refractivity contribution in [1.29, 1.82) is 0 Å². The number of aromatic nitrogens is 2. The molecule has 2 N–H and O–H groups in total. The van der Waals surface area contributed by atoms with Gasteiger partial charge in [0.25, 0.3) is 5.89 Å². The van der Waals surface area contributed by atoms with E-state index in [1.165, 1.54) is 6.33 Å². The lowest BCUT2D eigenvalue weighted by atomic mass is 10.1. The minimum Gasteiger partial charge on any atom is -0.334 e. The van der Waals surface area contributed by atoms with Gasteiger partial charge in [-0.15, -0.1) is 0 Å². The van der Waals surface area contributed by atoms with Crippen LogP contribution in [0.25, 0.3) is 11.5 Å². The second kappa shape index (κ2) is 3.37. The van der Waals surface area contributed by atoms with E-state index in [0.29, 0.717) is 12.4 Å². The first-order chi connectivity index (χ1) is 6.40. The Hall–Kier alpha value is -1.68. The minimum absolute atomic E-state index is 0.531. The van der Waals surface area contributed by atoms with Crippen molar-refractivity contribution in [2.24, 2.45) is 5.73 Å². The maximum absolute atomic E-state index is 5.47. The third kappa shape index (κ3) is 1.57. The zero-order chi connectivity index (χ0) is 9.10. The molecule has 0 aliphatic heterocycles. The number of rotatable bonds is 2. The van der Waals surface area contributed by atoms with Gasteiger partial charge >= 0.3 is 0 Å². The third-order valence-corrected chi connectivity index (χ3v) is 1.80. The Labute approximate surface area is 75.4 Å². The molecule has 0 aliphatic rings. The van der Waals surface area contributed by atoms with Crippen molar-refractivity contribution in [2.75, 3.05) is 0 Å². The van der Waals surface area contributed by atoms with E-state index in [2.05, 4.69) is 10.1 Å². The normalized spacial score (nSPS) is 10.2. The Bertz CT molecular complexity index is 366. The summed E-state index contributed by atoms with van der Waals surface area (Å²) in [7, 11) is 0. The van der Waals surface area contributed by atoms with E-state index in [4.69, 9.17) is 10.3 Å². The van der Waals surface area contributed by atoms with Crippen LogP contribution in [0.5, 0.6) is 0 Å². The second-order valence-corrected chi connectivity index (χ2v) is 2.65. The van der Waals surface area contributed by atoms with Crippen molar-refractivity contribution >= 4 is 0 Å². The smallest absolute Gasteiger partial charge is 0.257 e. The van der Waals surface area contributed by atoms with Crippen molar-refractivity contribution in [2.45, 2.75) is 6.54 Å². The molecule has 1 heterocycles. The molecule has 0 unspecified atom stereocenters. The van der Waals surface area contributed by atoms with Gasteiger partial charge in [-0.2, -0.15) is 4.98 Å². The highest BCUT2D eigenvalue weighted by atomic mass is 16.5. The van der Waals surface area contributed by atoms with Gasteiger partial charge in [-0.3, -0.25) is 0 Å². The number of nitrogens with zero attached hydrogens (tertiary/aromatic N) is 2. The van der Waals surface area contributed by atoms with Crippen LogP contribution in [0.15, 0.2) is 35.1 Å². The molecule has 0 saturated heterocycles. The van der Waals surface area contributed by atoms with E-state index in [1.54, 1.807) is 0 Å². The molecular formula is C9H9N3O. The number of nitrogens with two attached hydrogens (primary N) is 1. The molecule has 0 spiro atoms. The summed E-state index contributed by atoms with van der Waals surface area (Å²) >= 11 is 0. The highest BCUT2D eigenvalue weighted by Crippen LogP contribution is 2.15. The molecule has 2 aromatic rings. The summed E-state index contributed by atoms with van der Waals surface area (Å²) in [6.45, 7) is 0.546. The Morgan fingerprint density at radius 2 is 2.00 bits per heavy atom. The van der Waals surface area contributed by atoms with Crippen LogP contribution in [-0.2, 0) is 6.54 Å². The van der Waals surface area contributed by atoms with Gasteiger partial charge in [0, 0.05) is 12.1 Å². The van der Waals surface area contributed by atoms with Crippen molar-refractivity contribution in [3.63, 3.8) is 0 Å². The third-order valence-electron chi connectivity index (χ3n) is 1.80. The Balaban J connectivity index is 2.33.